The molecule has 3 nitrogen and oxygen atoms in total. The number of rotatable bonds is 0. The number of fused-ring (bicyclic) bond motifs is 1. The van der Waals surface area contributed by atoms with Crippen molar-refractivity contribution >= 4 is 5.97 Å². The van der Waals surface area contributed by atoms with Gasteiger partial charge in [-0.05, 0) is 24.5 Å². The van der Waals surface area contributed by atoms with E-state index in [1.54, 1.807) is 6.07 Å². The van der Waals surface area contributed by atoms with E-state index in [1.807, 2.05) is 6.07 Å². The lowest BCUT2D eigenvalue weighted by atomic mass is 10.1. The lowest BCUT2D eigenvalue weighted by Crippen LogP contribution is -2.05. The molecule has 2 rings (SSSR count). The fourth-order valence-corrected chi connectivity index (χ4v) is 1.47. The number of aromatic hydroxyl groups is 1. The van der Waals surface area contributed by atoms with E-state index in [-0.39, 0.29) is 11.7 Å². The van der Waals surface area contributed by atoms with Gasteiger partial charge in [0, 0.05) is 6.42 Å². The highest BCUT2D eigenvalue weighted by molar-refractivity contribution is 5.74. The van der Waals surface area contributed by atoms with Gasteiger partial charge in [0.1, 0.15) is 0 Å². The zero-order chi connectivity index (χ0) is 9.26. The normalized spacial score (nSPS) is 15.8. The number of esters is 1. The molecule has 0 spiro atoms. The standard InChI is InChI=1S/C10H10O3/c11-8-5-1-3-7-4-2-6-9(12)13-10(7)8/h1,3,5,11H,2,4,6H2. The van der Waals surface area contributed by atoms with E-state index in [1.165, 1.54) is 6.07 Å². The summed E-state index contributed by atoms with van der Waals surface area (Å²) < 4.78 is 5.00. The summed E-state index contributed by atoms with van der Waals surface area (Å²) in [5.74, 6) is 0.123. The van der Waals surface area contributed by atoms with Crippen LogP contribution in [0.15, 0.2) is 18.2 Å². The molecule has 68 valence electrons. The molecule has 0 radical (unpaired) electrons. The second-order valence-electron chi connectivity index (χ2n) is 3.09. The molecular formula is C10H10O3. The molecule has 1 aliphatic heterocycles. The molecule has 0 unspecified atom stereocenters. The number of ether oxygens (including phenoxy) is 1. The second kappa shape index (κ2) is 3.09. The lowest BCUT2D eigenvalue weighted by molar-refractivity contribution is -0.134. The van der Waals surface area contributed by atoms with Crippen molar-refractivity contribution in [3.63, 3.8) is 0 Å². The Morgan fingerprint density at radius 2 is 2.15 bits per heavy atom. The second-order valence-corrected chi connectivity index (χ2v) is 3.09. The number of phenols is 1. The van der Waals surface area contributed by atoms with Gasteiger partial charge in [-0.1, -0.05) is 12.1 Å². The summed E-state index contributed by atoms with van der Waals surface area (Å²) in [5.41, 5.74) is 0.908. The van der Waals surface area contributed by atoms with Crippen LogP contribution in [0.25, 0.3) is 0 Å². The number of phenolic OH excluding ortho intramolecular Hbond substituents is 1. The minimum absolute atomic E-state index is 0.0488. The fourth-order valence-electron chi connectivity index (χ4n) is 1.47. The van der Waals surface area contributed by atoms with Gasteiger partial charge < -0.3 is 9.84 Å². The maximum Gasteiger partial charge on any atom is 0.311 e. The van der Waals surface area contributed by atoms with Crippen molar-refractivity contribution in [3.05, 3.63) is 23.8 Å². The SMILES string of the molecule is O=C1CCCc2cccc(O)c2O1. The summed E-state index contributed by atoms with van der Waals surface area (Å²) in [7, 11) is 0. The van der Waals surface area contributed by atoms with E-state index in [4.69, 9.17) is 4.74 Å². The minimum Gasteiger partial charge on any atom is -0.504 e. The van der Waals surface area contributed by atoms with E-state index < -0.39 is 0 Å². The van der Waals surface area contributed by atoms with Gasteiger partial charge in [0.05, 0.1) is 0 Å². The fraction of sp³-hybridized carbons (Fsp3) is 0.300. The van der Waals surface area contributed by atoms with Crippen LogP contribution in [-0.4, -0.2) is 11.1 Å². The Hall–Kier alpha value is -1.51. The Kier molecular flexibility index (Phi) is 1.93. The van der Waals surface area contributed by atoms with E-state index in [0.29, 0.717) is 12.2 Å². The smallest absolute Gasteiger partial charge is 0.311 e. The lowest BCUT2D eigenvalue weighted by Gasteiger charge is -2.06. The van der Waals surface area contributed by atoms with Crippen molar-refractivity contribution in [2.75, 3.05) is 0 Å². The molecule has 0 aromatic heterocycles. The van der Waals surface area contributed by atoms with Gasteiger partial charge in [-0.15, -0.1) is 0 Å². The molecule has 1 heterocycles. The molecule has 3 heteroatoms. The number of hydrogen-bond acceptors (Lipinski definition) is 3. The first-order valence-electron chi connectivity index (χ1n) is 4.29. The Bertz CT molecular complexity index is 344. The monoisotopic (exact) mass is 178 g/mol. The number of hydrogen-bond donors (Lipinski definition) is 1. The van der Waals surface area contributed by atoms with E-state index >= 15 is 0 Å². The predicted molar refractivity (Wildman–Crippen MR) is 46.7 cm³/mol. The summed E-state index contributed by atoms with van der Waals surface area (Å²) in [5, 5.41) is 9.42. The molecule has 0 aliphatic carbocycles. The van der Waals surface area contributed by atoms with Gasteiger partial charge in [0.2, 0.25) is 0 Å². The molecule has 0 bridgehead atoms. The topological polar surface area (TPSA) is 46.5 Å². The van der Waals surface area contributed by atoms with E-state index in [0.717, 1.165) is 18.4 Å². The minimum atomic E-state index is -0.264. The van der Waals surface area contributed by atoms with Gasteiger partial charge in [-0.25, -0.2) is 0 Å². The first-order valence-corrected chi connectivity index (χ1v) is 4.29. The largest absolute Gasteiger partial charge is 0.504 e. The summed E-state index contributed by atoms with van der Waals surface area (Å²) >= 11 is 0. The number of para-hydroxylation sites is 1. The van der Waals surface area contributed by atoms with Crippen molar-refractivity contribution in [2.45, 2.75) is 19.3 Å². The third-order valence-electron chi connectivity index (χ3n) is 2.12. The van der Waals surface area contributed by atoms with Crippen LogP contribution in [0, 0.1) is 0 Å². The molecule has 0 saturated carbocycles. The Balaban J connectivity index is 2.46. The van der Waals surface area contributed by atoms with Gasteiger partial charge in [-0.2, -0.15) is 0 Å². The Morgan fingerprint density at radius 1 is 1.31 bits per heavy atom. The quantitative estimate of drug-likeness (QED) is 0.485. The van der Waals surface area contributed by atoms with Crippen LogP contribution in [0.1, 0.15) is 18.4 Å². The highest BCUT2D eigenvalue weighted by Gasteiger charge is 2.17. The number of aryl methyl sites for hydroxylation is 1. The van der Waals surface area contributed by atoms with E-state index in [9.17, 15) is 9.90 Å². The number of benzene rings is 1. The molecular weight excluding hydrogens is 168 g/mol. The number of carbonyl (C=O) groups excluding carboxylic acids is 1. The van der Waals surface area contributed by atoms with Gasteiger partial charge >= 0.3 is 5.97 Å². The predicted octanol–water partition coefficient (Wildman–Crippen LogP) is 1.63. The molecule has 0 saturated heterocycles. The third kappa shape index (κ3) is 1.49. The summed E-state index contributed by atoms with van der Waals surface area (Å²) in [4.78, 5) is 11.1. The molecule has 1 aromatic rings. The van der Waals surface area contributed by atoms with Crippen LogP contribution in [0.2, 0.25) is 0 Å². The third-order valence-corrected chi connectivity index (χ3v) is 2.12. The highest BCUT2D eigenvalue weighted by atomic mass is 16.5. The number of carbonyl (C=O) groups is 1. The zero-order valence-electron chi connectivity index (χ0n) is 7.12. The zero-order valence-corrected chi connectivity index (χ0v) is 7.12. The average Bonchev–Trinajstić information content (AvgIpc) is 2.28. The molecule has 1 N–H and O–H groups in total. The summed E-state index contributed by atoms with van der Waals surface area (Å²) in [6.07, 6.45) is 2.00. The first kappa shape index (κ1) is 8.10. The summed E-state index contributed by atoms with van der Waals surface area (Å²) in [6.45, 7) is 0. The van der Waals surface area contributed by atoms with Gasteiger partial charge in [0.25, 0.3) is 0 Å². The van der Waals surface area contributed by atoms with E-state index in [2.05, 4.69) is 0 Å². The maximum absolute atomic E-state index is 11.1. The van der Waals surface area contributed by atoms with Crippen molar-refractivity contribution in [2.24, 2.45) is 0 Å². The van der Waals surface area contributed by atoms with Crippen molar-refractivity contribution < 1.29 is 14.6 Å². The van der Waals surface area contributed by atoms with Crippen LogP contribution in [0.4, 0.5) is 0 Å². The van der Waals surface area contributed by atoms with Gasteiger partial charge in [-0.3, -0.25) is 4.79 Å². The van der Waals surface area contributed by atoms with Crippen molar-refractivity contribution in [1.29, 1.82) is 0 Å². The highest BCUT2D eigenvalue weighted by Crippen LogP contribution is 2.33. The maximum atomic E-state index is 11.1. The molecule has 1 aromatic carbocycles. The average molecular weight is 178 g/mol. The molecule has 1 aliphatic rings. The van der Waals surface area contributed by atoms with Crippen molar-refractivity contribution in [1.82, 2.24) is 0 Å². The van der Waals surface area contributed by atoms with Crippen LogP contribution >= 0.6 is 0 Å². The summed E-state index contributed by atoms with van der Waals surface area (Å²) in [6, 6.07) is 5.15. The van der Waals surface area contributed by atoms with Crippen LogP contribution < -0.4 is 4.74 Å². The van der Waals surface area contributed by atoms with Crippen LogP contribution in [0.5, 0.6) is 11.5 Å². The van der Waals surface area contributed by atoms with Crippen LogP contribution in [-0.2, 0) is 11.2 Å². The first-order chi connectivity index (χ1) is 6.27. The van der Waals surface area contributed by atoms with Crippen LogP contribution in [0.3, 0.4) is 0 Å². The Morgan fingerprint density at radius 3 is 3.00 bits per heavy atom. The molecule has 0 amide bonds. The Labute approximate surface area is 76.0 Å². The van der Waals surface area contributed by atoms with Crippen molar-refractivity contribution in [3.8, 4) is 11.5 Å². The molecule has 13 heavy (non-hydrogen) atoms. The van der Waals surface area contributed by atoms with Gasteiger partial charge in [0.15, 0.2) is 11.5 Å². The molecule has 0 fully saturated rings. The molecule has 0 atom stereocenters.